The Morgan fingerprint density at radius 1 is 1.00 bits per heavy atom. The molecule has 2 aromatic rings. The second-order valence-corrected chi connectivity index (χ2v) is 2.14. The Labute approximate surface area is 85.2 Å². The standard InChI is InChI=1S/C8H6O2.2C2H6/c9-7-1-2-8-6(5-7)3-4-10-8;2*1-2/h1-5,9H;2*1-2H3. The molecule has 78 valence electrons. The normalized spacial score (nSPS) is 8.29. The number of benzene rings is 1. The van der Waals surface area contributed by atoms with Crippen molar-refractivity contribution in [3.8, 4) is 5.75 Å². The summed E-state index contributed by atoms with van der Waals surface area (Å²) in [6, 6.07) is 6.82. The van der Waals surface area contributed by atoms with E-state index in [1.807, 2.05) is 33.8 Å². The molecule has 0 unspecified atom stereocenters. The maximum atomic E-state index is 9.01. The van der Waals surface area contributed by atoms with E-state index in [1.54, 1.807) is 24.5 Å². The number of phenols is 1. The first-order valence-electron chi connectivity index (χ1n) is 5.02. The van der Waals surface area contributed by atoms with E-state index in [0.717, 1.165) is 11.0 Å². The quantitative estimate of drug-likeness (QED) is 0.682. The lowest BCUT2D eigenvalue weighted by molar-refractivity contribution is 0.476. The van der Waals surface area contributed by atoms with E-state index in [-0.39, 0.29) is 5.75 Å². The number of aromatic hydroxyl groups is 1. The zero-order valence-corrected chi connectivity index (χ0v) is 9.24. The van der Waals surface area contributed by atoms with Crippen LogP contribution in [0, 0.1) is 0 Å². The SMILES string of the molecule is CC.CC.Oc1ccc2occc2c1. The smallest absolute Gasteiger partial charge is 0.134 e. The lowest BCUT2D eigenvalue weighted by Crippen LogP contribution is -1.62. The van der Waals surface area contributed by atoms with E-state index in [0.29, 0.717) is 0 Å². The fourth-order valence-electron chi connectivity index (χ4n) is 0.954. The summed E-state index contributed by atoms with van der Waals surface area (Å²) >= 11 is 0. The molecule has 2 nitrogen and oxygen atoms in total. The molecule has 0 aliphatic carbocycles. The maximum absolute atomic E-state index is 9.01. The molecule has 0 amide bonds. The fraction of sp³-hybridized carbons (Fsp3) is 0.333. The first-order valence-corrected chi connectivity index (χ1v) is 5.02. The van der Waals surface area contributed by atoms with Gasteiger partial charge in [-0.25, -0.2) is 0 Å². The van der Waals surface area contributed by atoms with Crippen molar-refractivity contribution in [1.29, 1.82) is 0 Å². The molecule has 14 heavy (non-hydrogen) atoms. The van der Waals surface area contributed by atoms with Gasteiger partial charge in [0.25, 0.3) is 0 Å². The number of fused-ring (bicyclic) bond motifs is 1. The number of furan rings is 1. The molecular weight excluding hydrogens is 176 g/mol. The zero-order chi connectivity index (χ0) is 11.0. The van der Waals surface area contributed by atoms with Gasteiger partial charge in [0, 0.05) is 5.39 Å². The van der Waals surface area contributed by atoms with Crippen LogP contribution in [0.5, 0.6) is 5.75 Å². The van der Waals surface area contributed by atoms with Gasteiger partial charge in [0.15, 0.2) is 0 Å². The molecule has 1 N–H and O–H groups in total. The van der Waals surface area contributed by atoms with E-state index >= 15 is 0 Å². The second kappa shape index (κ2) is 7.01. The second-order valence-electron chi connectivity index (χ2n) is 2.14. The third-order valence-corrected chi connectivity index (χ3v) is 1.44. The van der Waals surface area contributed by atoms with Crippen molar-refractivity contribution in [3.63, 3.8) is 0 Å². The van der Waals surface area contributed by atoms with Crippen LogP contribution in [-0.2, 0) is 0 Å². The predicted molar refractivity (Wildman–Crippen MR) is 60.6 cm³/mol. The van der Waals surface area contributed by atoms with Gasteiger partial charge in [-0.1, -0.05) is 27.7 Å². The van der Waals surface area contributed by atoms with E-state index in [1.165, 1.54) is 0 Å². The Morgan fingerprint density at radius 2 is 1.64 bits per heavy atom. The molecule has 0 aliphatic rings. The van der Waals surface area contributed by atoms with Gasteiger partial charge in [0.2, 0.25) is 0 Å². The summed E-state index contributed by atoms with van der Waals surface area (Å²) in [6.07, 6.45) is 1.60. The van der Waals surface area contributed by atoms with Crippen LogP contribution in [0.2, 0.25) is 0 Å². The van der Waals surface area contributed by atoms with E-state index in [9.17, 15) is 0 Å². The molecule has 2 rings (SSSR count). The topological polar surface area (TPSA) is 33.4 Å². The van der Waals surface area contributed by atoms with Gasteiger partial charge < -0.3 is 9.52 Å². The predicted octanol–water partition coefficient (Wildman–Crippen LogP) is 4.19. The van der Waals surface area contributed by atoms with Crippen molar-refractivity contribution in [2.45, 2.75) is 27.7 Å². The molecule has 0 spiro atoms. The molecule has 0 saturated carbocycles. The van der Waals surface area contributed by atoms with Crippen LogP contribution in [0.1, 0.15) is 27.7 Å². The van der Waals surface area contributed by atoms with E-state index < -0.39 is 0 Å². The van der Waals surface area contributed by atoms with Crippen LogP contribution in [-0.4, -0.2) is 5.11 Å². The van der Waals surface area contributed by atoms with Gasteiger partial charge in [0.1, 0.15) is 11.3 Å². The first kappa shape index (κ1) is 12.6. The van der Waals surface area contributed by atoms with Crippen LogP contribution < -0.4 is 0 Å². The molecule has 0 radical (unpaired) electrons. The van der Waals surface area contributed by atoms with Gasteiger partial charge in [-0.2, -0.15) is 0 Å². The highest BCUT2D eigenvalue weighted by atomic mass is 16.3. The molecule has 0 fully saturated rings. The molecule has 0 bridgehead atoms. The van der Waals surface area contributed by atoms with Crippen LogP contribution in [0.4, 0.5) is 0 Å². The molecule has 0 aliphatic heterocycles. The lowest BCUT2D eigenvalue weighted by atomic mass is 10.2. The minimum absolute atomic E-state index is 0.272. The van der Waals surface area contributed by atoms with Crippen LogP contribution in [0.3, 0.4) is 0 Å². The van der Waals surface area contributed by atoms with Crippen LogP contribution in [0.15, 0.2) is 34.9 Å². The van der Waals surface area contributed by atoms with Gasteiger partial charge in [-0.3, -0.25) is 0 Å². The number of hydrogen-bond donors (Lipinski definition) is 1. The number of phenolic OH excluding ortho intramolecular Hbond substituents is 1. The molecule has 0 atom stereocenters. The molecule has 1 aromatic carbocycles. The average Bonchev–Trinajstić information content (AvgIpc) is 2.71. The molecule has 1 heterocycles. The summed E-state index contributed by atoms with van der Waals surface area (Å²) in [7, 11) is 0. The average molecular weight is 194 g/mol. The highest BCUT2D eigenvalue weighted by Gasteiger charge is 1.94. The largest absolute Gasteiger partial charge is 0.508 e. The maximum Gasteiger partial charge on any atom is 0.134 e. The van der Waals surface area contributed by atoms with Crippen molar-refractivity contribution < 1.29 is 9.52 Å². The van der Waals surface area contributed by atoms with Crippen molar-refractivity contribution in [3.05, 3.63) is 30.5 Å². The summed E-state index contributed by atoms with van der Waals surface area (Å²) in [5, 5.41) is 9.94. The van der Waals surface area contributed by atoms with Crippen molar-refractivity contribution in [1.82, 2.24) is 0 Å². The zero-order valence-electron chi connectivity index (χ0n) is 9.24. The Bertz CT molecular complexity index is 350. The van der Waals surface area contributed by atoms with Gasteiger partial charge in [0.05, 0.1) is 6.26 Å². The monoisotopic (exact) mass is 194 g/mol. The van der Waals surface area contributed by atoms with Crippen molar-refractivity contribution in [2.75, 3.05) is 0 Å². The Hall–Kier alpha value is -1.44. The van der Waals surface area contributed by atoms with Crippen molar-refractivity contribution >= 4 is 11.0 Å². The molecule has 0 saturated heterocycles. The number of hydrogen-bond acceptors (Lipinski definition) is 2. The minimum Gasteiger partial charge on any atom is -0.508 e. The molecule has 1 aromatic heterocycles. The fourth-order valence-corrected chi connectivity index (χ4v) is 0.954. The summed E-state index contributed by atoms with van der Waals surface area (Å²) in [4.78, 5) is 0. The van der Waals surface area contributed by atoms with Gasteiger partial charge in [-0.15, -0.1) is 0 Å². The summed E-state index contributed by atoms with van der Waals surface area (Å²) in [6.45, 7) is 8.00. The Balaban J connectivity index is 0.000000379. The van der Waals surface area contributed by atoms with E-state index in [2.05, 4.69) is 0 Å². The lowest BCUT2D eigenvalue weighted by Gasteiger charge is -1.88. The van der Waals surface area contributed by atoms with Gasteiger partial charge >= 0.3 is 0 Å². The van der Waals surface area contributed by atoms with Crippen LogP contribution >= 0.6 is 0 Å². The highest BCUT2D eigenvalue weighted by molar-refractivity contribution is 5.78. The highest BCUT2D eigenvalue weighted by Crippen LogP contribution is 2.19. The Kier molecular flexibility index (Phi) is 6.29. The van der Waals surface area contributed by atoms with Gasteiger partial charge in [-0.05, 0) is 24.3 Å². The molecule has 2 heteroatoms. The third-order valence-electron chi connectivity index (χ3n) is 1.44. The summed E-state index contributed by atoms with van der Waals surface area (Å²) < 4.78 is 5.06. The third kappa shape index (κ3) is 3.13. The summed E-state index contributed by atoms with van der Waals surface area (Å²) in [5.41, 5.74) is 0.804. The number of rotatable bonds is 0. The summed E-state index contributed by atoms with van der Waals surface area (Å²) in [5.74, 6) is 0.272. The van der Waals surface area contributed by atoms with Crippen LogP contribution in [0.25, 0.3) is 11.0 Å². The first-order chi connectivity index (χ1) is 6.86. The molecular formula is C12H18O2. The minimum atomic E-state index is 0.272. The van der Waals surface area contributed by atoms with Crippen molar-refractivity contribution in [2.24, 2.45) is 0 Å². The Morgan fingerprint density at radius 3 is 2.29 bits per heavy atom. The van der Waals surface area contributed by atoms with E-state index in [4.69, 9.17) is 9.52 Å².